The number of primary amides is 1. The molecule has 3 aromatic rings. The normalized spacial score (nSPS) is 12.4. The number of nitrogens with two attached hydrogens (primary N) is 1. The molecular formula is C18H17BrClN3O2S2. The summed E-state index contributed by atoms with van der Waals surface area (Å²) >= 11 is 9.43. The second-order valence-electron chi connectivity index (χ2n) is 5.70. The molecule has 0 radical (unpaired) electrons. The number of benzene rings is 2. The Hall–Kier alpha value is -1.16. The number of hydrogen-bond donors (Lipinski definition) is 3. The molecule has 0 bridgehead atoms. The minimum atomic E-state index is -1.55. The van der Waals surface area contributed by atoms with Gasteiger partial charge in [-0.15, -0.1) is 16.5 Å². The summed E-state index contributed by atoms with van der Waals surface area (Å²) in [6.45, 7) is 0.548. The van der Waals surface area contributed by atoms with Gasteiger partial charge in [-0.3, -0.25) is 4.79 Å². The fourth-order valence-electron chi connectivity index (χ4n) is 2.54. The van der Waals surface area contributed by atoms with Gasteiger partial charge in [0.1, 0.15) is 0 Å². The highest BCUT2D eigenvalue weighted by molar-refractivity contribution is 9.10. The molecule has 9 heteroatoms. The SMILES string of the molecule is NC(=O)c1[nH]c2ccc(Br)cc2c1[S+]([O-])NCCCSc1ccc(Cl)cc1. The number of halogens is 2. The highest BCUT2D eigenvalue weighted by atomic mass is 79.9. The average molecular weight is 487 g/mol. The second kappa shape index (κ2) is 9.36. The van der Waals surface area contributed by atoms with Crippen LogP contribution in [0.3, 0.4) is 0 Å². The Morgan fingerprint density at radius 3 is 2.74 bits per heavy atom. The number of carbonyl (C=O) groups excluding carboxylic acids is 1. The summed E-state index contributed by atoms with van der Waals surface area (Å²) < 4.78 is 16.6. The molecule has 142 valence electrons. The monoisotopic (exact) mass is 485 g/mol. The molecule has 0 aliphatic carbocycles. The molecule has 1 aromatic heterocycles. The van der Waals surface area contributed by atoms with E-state index in [1.807, 2.05) is 42.5 Å². The zero-order chi connectivity index (χ0) is 19.4. The van der Waals surface area contributed by atoms with E-state index < -0.39 is 17.3 Å². The van der Waals surface area contributed by atoms with Crippen molar-refractivity contribution in [1.29, 1.82) is 0 Å². The zero-order valence-corrected chi connectivity index (χ0v) is 18.1. The van der Waals surface area contributed by atoms with Crippen LogP contribution in [0.1, 0.15) is 16.9 Å². The van der Waals surface area contributed by atoms with Crippen LogP contribution in [0.25, 0.3) is 10.9 Å². The van der Waals surface area contributed by atoms with Crippen LogP contribution in [0.2, 0.25) is 5.02 Å². The van der Waals surface area contributed by atoms with E-state index in [1.165, 1.54) is 0 Å². The summed E-state index contributed by atoms with van der Waals surface area (Å²) in [6, 6.07) is 13.1. The molecule has 4 N–H and O–H groups in total. The Morgan fingerprint density at radius 1 is 1.30 bits per heavy atom. The minimum absolute atomic E-state index is 0.171. The van der Waals surface area contributed by atoms with Crippen LogP contribution in [0.4, 0.5) is 0 Å². The van der Waals surface area contributed by atoms with Gasteiger partial charge in [0.05, 0.1) is 22.3 Å². The molecule has 0 spiro atoms. The second-order valence-corrected chi connectivity index (χ2v) is 9.46. The maximum atomic E-state index is 12.8. The third-order valence-electron chi connectivity index (χ3n) is 3.78. The number of aromatic nitrogens is 1. The Balaban J connectivity index is 1.61. The first-order valence-corrected chi connectivity index (χ1v) is 11.4. The molecule has 0 saturated heterocycles. The summed E-state index contributed by atoms with van der Waals surface area (Å²) in [6.07, 6.45) is 0.816. The van der Waals surface area contributed by atoms with Crippen molar-refractivity contribution >= 4 is 67.5 Å². The lowest BCUT2D eigenvalue weighted by Gasteiger charge is -2.11. The van der Waals surface area contributed by atoms with Gasteiger partial charge in [0, 0.05) is 20.9 Å². The Morgan fingerprint density at radius 2 is 2.04 bits per heavy atom. The van der Waals surface area contributed by atoms with Gasteiger partial charge in [-0.05, 0) is 54.6 Å². The lowest BCUT2D eigenvalue weighted by Crippen LogP contribution is -2.27. The van der Waals surface area contributed by atoms with E-state index >= 15 is 0 Å². The molecule has 1 atom stereocenters. The Bertz CT molecular complexity index is 950. The predicted molar refractivity (Wildman–Crippen MR) is 116 cm³/mol. The summed E-state index contributed by atoms with van der Waals surface area (Å²) in [5.41, 5.74) is 6.34. The maximum Gasteiger partial charge on any atom is 0.270 e. The molecule has 3 rings (SSSR count). The Labute approximate surface area is 177 Å². The maximum absolute atomic E-state index is 12.8. The molecule has 0 saturated carbocycles. The lowest BCUT2D eigenvalue weighted by atomic mass is 10.2. The van der Waals surface area contributed by atoms with Gasteiger partial charge in [-0.1, -0.05) is 27.5 Å². The molecular weight excluding hydrogens is 470 g/mol. The molecule has 1 amide bonds. The largest absolute Gasteiger partial charge is 0.593 e. The smallest absolute Gasteiger partial charge is 0.270 e. The van der Waals surface area contributed by atoms with E-state index in [2.05, 4.69) is 25.6 Å². The van der Waals surface area contributed by atoms with Crippen molar-refractivity contribution in [3.05, 3.63) is 57.7 Å². The third-order valence-corrected chi connectivity index (χ3v) is 6.89. The topological polar surface area (TPSA) is 94.0 Å². The fourth-order valence-corrected chi connectivity index (χ4v) is 5.06. The van der Waals surface area contributed by atoms with Crippen LogP contribution in [-0.2, 0) is 11.4 Å². The number of nitrogens with one attached hydrogen (secondary N) is 2. The van der Waals surface area contributed by atoms with Gasteiger partial charge in [-0.25, -0.2) is 0 Å². The number of thioether (sulfide) groups is 1. The van der Waals surface area contributed by atoms with Gasteiger partial charge in [0.25, 0.3) is 5.91 Å². The van der Waals surface area contributed by atoms with Crippen molar-refractivity contribution in [2.45, 2.75) is 16.2 Å². The molecule has 0 aliphatic heterocycles. The number of hydrogen-bond acceptors (Lipinski definition) is 4. The van der Waals surface area contributed by atoms with E-state index in [0.29, 0.717) is 21.8 Å². The molecule has 0 aliphatic rings. The van der Waals surface area contributed by atoms with E-state index in [-0.39, 0.29) is 5.69 Å². The van der Waals surface area contributed by atoms with Crippen LogP contribution in [0.5, 0.6) is 0 Å². The van der Waals surface area contributed by atoms with Crippen molar-refractivity contribution < 1.29 is 9.35 Å². The van der Waals surface area contributed by atoms with E-state index in [4.69, 9.17) is 17.3 Å². The quantitative estimate of drug-likeness (QED) is 0.249. The summed E-state index contributed by atoms with van der Waals surface area (Å²) in [7, 11) is 0. The molecule has 0 fully saturated rings. The zero-order valence-electron chi connectivity index (χ0n) is 14.1. The highest BCUT2D eigenvalue weighted by Gasteiger charge is 2.26. The first-order chi connectivity index (χ1) is 13.0. The van der Waals surface area contributed by atoms with E-state index in [9.17, 15) is 9.35 Å². The van der Waals surface area contributed by atoms with Gasteiger partial charge in [0.2, 0.25) is 4.90 Å². The number of amides is 1. The number of fused-ring (bicyclic) bond motifs is 1. The molecule has 1 unspecified atom stereocenters. The number of aromatic amines is 1. The third kappa shape index (κ3) is 5.22. The van der Waals surface area contributed by atoms with E-state index in [1.54, 1.807) is 11.8 Å². The van der Waals surface area contributed by atoms with Crippen molar-refractivity contribution in [3.63, 3.8) is 0 Å². The number of rotatable bonds is 8. The first kappa shape index (κ1) is 20.6. The summed E-state index contributed by atoms with van der Waals surface area (Å²) in [5.74, 6) is 0.235. The molecule has 27 heavy (non-hydrogen) atoms. The standard InChI is InChI=1S/C18H17BrClN3O2S2/c19-11-2-7-15-14(10-11)17(16(23-15)18(21)24)27(25)22-8-1-9-26-13-5-3-12(20)4-6-13/h2-7,10,22-23H,1,8-9H2,(H2,21,24). The molecule has 2 aromatic carbocycles. The van der Waals surface area contributed by atoms with Crippen molar-refractivity contribution in [2.75, 3.05) is 12.3 Å². The van der Waals surface area contributed by atoms with Crippen LogP contribution in [-0.4, -0.2) is 27.7 Å². The summed E-state index contributed by atoms with van der Waals surface area (Å²) in [5, 5.41) is 1.42. The van der Waals surface area contributed by atoms with Crippen molar-refractivity contribution in [2.24, 2.45) is 5.73 Å². The Kier molecular flexibility index (Phi) is 7.13. The van der Waals surface area contributed by atoms with Gasteiger partial charge < -0.3 is 15.3 Å². The van der Waals surface area contributed by atoms with E-state index in [0.717, 1.165) is 27.1 Å². The predicted octanol–water partition coefficient (Wildman–Crippen LogP) is 4.48. The average Bonchev–Trinajstić information content (AvgIpc) is 3.02. The summed E-state index contributed by atoms with van der Waals surface area (Å²) in [4.78, 5) is 16.2. The number of H-pyrrole nitrogens is 1. The molecule has 1 heterocycles. The van der Waals surface area contributed by atoms with Crippen LogP contribution in [0, 0.1) is 0 Å². The highest BCUT2D eigenvalue weighted by Crippen LogP contribution is 2.29. The van der Waals surface area contributed by atoms with Crippen LogP contribution >= 0.6 is 39.3 Å². The van der Waals surface area contributed by atoms with Crippen LogP contribution < -0.4 is 10.5 Å². The van der Waals surface area contributed by atoms with Gasteiger partial charge in [-0.2, -0.15) is 0 Å². The van der Waals surface area contributed by atoms with Crippen LogP contribution in [0.15, 0.2) is 56.7 Å². The van der Waals surface area contributed by atoms with Gasteiger partial charge >= 0.3 is 0 Å². The van der Waals surface area contributed by atoms with Gasteiger partial charge in [0.15, 0.2) is 5.69 Å². The fraction of sp³-hybridized carbons (Fsp3) is 0.167. The lowest BCUT2D eigenvalue weighted by molar-refractivity contribution is 0.0993. The van der Waals surface area contributed by atoms with Crippen molar-refractivity contribution in [1.82, 2.24) is 9.71 Å². The molecule has 5 nitrogen and oxygen atoms in total. The number of carbonyl (C=O) groups is 1. The minimum Gasteiger partial charge on any atom is -0.593 e. The first-order valence-electron chi connectivity index (χ1n) is 8.10. The van der Waals surface area contributed by atoms with Crippen molar-refractivity contribution in [3.8, 4) is 0 Å².